The van der Waals surface area contributed by atoms with Gasteiger partial charge in [0.15, 0.2) is 0 Å². The lowest BCUT2D eigenvalue weighted by atomic mass is 9.96. The van der Waals surface area contributed by atoms with Crippen LogP contribution in [0.4, 0.5) is 5.00 Å². The highest BCUT2D eigenvalue weighted by Crippen LogP contribution is 2.38. The molecule has 0 spiro atoms. The summed E-state index contributed by atoms with van der Waals surface area (Å²) < 4.78 is 2.00. The number of para-hydroxylation sites is 1. The molecule has 2 heterocycles. The zero-order valence-corrected chi connectivity index (χ0v) is 19.4. The van der Waals surface area contributed by atoms with Crippen molar-refractivity contribution in [1.29, 1.82) is 10.5 Å². The van der Waals surface area contributed by atoms with E-state index in [1.807, 2.05) is 54.8 Å². The maximum atomic E-state index is 12.9. The summed E-state index contributed by atoms with van der Waals surface area (Å²) >= 11 is 7.83. The average Bonchev–Trinajstić information content (AvgIpc) is 3.27. The molecule has 3 aromatic rings. The van der Waals surface area contributed by atoms with Crippen LogP contribution in [0.2, 0.25) is 5.02 Å². The number of anilines is 1. The lowest BCUT2D eigenvalue weighted by Gasteiger charge is -2.11. The molecule has 0 radical (unpaired) electrons. The van der Waals surface area contributed by atoms with E-state index in [2.05, 4.69) is 11.4 Å². The number of carbonyl (C=O) groups is 1. The number of rotatable bonds is 4. The number of aryl methyl sites for hydroxylation is 2. The predicted molar refractivity (Wildman–Crippen MR) is 128 cm³/mol. The van der Waals surface area contributed by atoms with Crippen LogP contribution < -0.4 is 5.32 Å². The molecule has 4 rings (SSSR count). The van der Waals surface area contributed by atoms with Crippen LogP contribution in [0.1, 0.15) is 45.8 Å². The molecule has 0 fully saturated rings. The van der Waals surface area contributed by atoms with Gasteiger partial charge in [-0.25, -0.2) is 0 Å². The standard InChI is InChI=1S/C25H21ClN4OS/c1-15-11-17(16(2)30(15)22-9-5-4-8-21(22)26)12-18(13-27)24(31)29-25-20(14-28)19-7-3-6-10-23(19)32-25/h4-5,8-9,11-12H,3,6-7,10H2,1-2H3,(H,29,31)/b18-12+. The number of carbonyl (C=O) groups excluding carboxylic acids is 1. The molecule has 0 unspecified atom stereocenters. The molecule has 1 N–H and O–H groups in total. The first-order valence-electron chi connectivity index (χ1n) is 10.4. The average molecular weight is 461 g/mol. The maximum absolute atomic E-state index is 12.9. The summed E-state index contributed by atoms with van der Waals surface area (Å²) in [6.07, 6.45) is 5.52. The molecule has 2 aromatic heterocycles. The summed E-state index contributed by atoms with van der Waals surface area (Å²) in [4.78, 5) is 14.1. The highest BCUT2D eigenvalue weighted by Gasteiger charge is 2.23. The van der Waals surface area contributed by atoms with Crippen molar-refractivity contribution in [2.24, 2.45) is 0 Å². The molecule has 1 aliphatic carbocycles. The number of aromatic nitrogens is 1. The lowest BCUT2D eigenvalue weighted by molar-refractivity contribution is -0.112. The molecule has 0 saturated heterocycles. The Hall–Kier alpha value is -3.32. The van der Waals surface area contributed by atoms with Gasteiger partial charge in [-0.2, -0.15) is 10.5 Å². The Kier molecular flexibility index (Phi) is 6.19. The third kappa shape index (κ3) is 3.96. The van der Waals surface area contributed by atoms with E-state index in [1.165, 1.54) is 11.3 Å². The molecule has 7 heteroatoms. The van der Waals surface area contributed by atoms with E-state index in [9.17, 15) is 15.3 Å². The summed E-state index contributed by atoms with van der Waals surface area (Å²) in [5.41, 5.74) is 4.99. The molecule has 0 atom stereocenters. The molecule has 1 aliphatic rings. The van der Waals surface area contributed by atoms with Crippen LogP contribution in [0.25, 0.3) is 11.8 Å². The van der Waals surface area contributed by atoms with Gasteiger partial charge in [-0.05, 0) is 74.9 Å². The second-order valence-corrected chi connectivity index (χ2v) is 9.28. The van der Waals surface area contributed by atoms with E-state index < -0.39 is 5.91 Å². The van der Waals surface area contributed by atoms with Crippen LogP contribution in [-0.4, -0.2) is 10.5 Å². The number of nitriles is 2. The molecule has 32 heavy (non-hydrogen) atoms. The maximum Gasteiger partial charge on any atom is 0.266 e. The second-order valence-electron chi connectivity index (χ2n) is 7.76. The number of fused-ring (bicyclic) bond motifs is 1. The largest absolute Gasteiger partial charge is 0.316 e. The minimum Gasteiger partial charge on any atom is -0.316 e. The molecule has 5 nitrogen and oxygen atoms in total. The van der Waals surface area contributed by atoms with Crippen LogP contribution in [0, 0.1) is 36.5 Å². The third-order valence-corrected chi connectivity index (χ3v) is 7.27. The fourth-order valence-electron chi connectivity index (χ4n) is 4.18. The number of benzene rings is 1. The van der Waals surface area contributed by atoms with E-state index in [-0.39, 0.29) is 5.57 Å². The monoisotopic (exact) mass is 460 g/mol. The Morgan fingerprint density at radius 2 is 1.97 bits per heavy atom. The molecule has 1 amide bonds. The number of hydrogen-bond donors (Lipinski definition) is 1. The highest BCUT2D eigenvalue weighted by atomic mass is 35.5. The van der Waals surface area contributed by atoms with E-state index in [0.717, 1.165) is 58.8 Å². The number of nitrogens with one attached hydrogen (secondary N) is 1. The topological polar surface area (TPSA) is 81.6 Å². The Morgan fingerprint density at radius 1 is 1.22 bits per heavy atom. The first kappa shape index (κ1) is 21.9. The van der Waals surface area contributed by atoms with Gasteiger partial charge in [0.2, 0.25) is 0 Å². The fraction of sp³-hybridized carbons (Fsp3) is 0.240. The SMILES string of the molecule is Cc1cc(/C=C(\C#N)C(=O)Nc2sc3c(c2C#N)CCCC3)c(C)n1-c1ccccc1Cl. The van der Waals surface area contributed by atoms with Crippen molar-refractivity contribution in [3.05, 3.63) is 73.9 Å². The molecule has 0 saturated carbocycles. The quantitative estimate of drug-likeness (QED) is 0.377. The first-order chi connectivity index (χ1) is 15.4. The van der Waals surface area contributed by atoms with Gasteiger partial charge in [0.1, 0.15) is 22.7 Å². The van der Waals surface area contributed by atoms with E-state index >= 15 is 0 Å². The normalized spacial score (nSPS) is 13.2. The summed E-state index contributed by atoms with van der Waals surface area (Å²) in [7, 11) is 0. The predicted octanol–water partition coefficient (Wildman–Crippen LogP) is 6.11. The van der Waals surface area contributed by atoms with Crippen molar-refractivity contribution in [2.75, 3.05) is 5.32 Å². The van der Waals surface area contributed by atoms with Gasteiger partial charge in [-0.1, -0.05) is 23.7 Å². The Balaban J connectivity index is 1.66. The minimum atomic E-state index is -0.509. The fourth-order valence-corrected chi connectivity index (χ4v) is 5.64. The van der Waals surface area contributed by atoms with Gasteiger partial charge in [0.25, 0.3) is 5.91 Å². The smallest absolute Gasteiger partial charge is 0.266 e. The number of hydrogen-bond acceptors (Lipinski definition) is 4. The first-order valence-corrected chi connectivity index (χ1v) is 11.6. The minimum absolute atomic E-state index is 0.0142. The van der Waals surface area contributed by atoms with Gasteiger partial charge < -0.3 is 9.88 Å². The number of halogens is 1. The number of thiophene rings is 1. The lowest BCUT2D eigenvalue weighted by Crippen LogP contribution is -2.13. The van der Waals surface area contributed by atoms with E-state index in [1.54, 1.807) is 6.08 Å². The van der Waals surface area contributed by atoms with Crippen LogP contribution in [-0.2, 0) is 17.6 Å². The zero-order chi connectivity index (χ0) is 22.8. The van der Waals surface area contributed by atoms with E-state index in [4.69, 9.17) is 11.6 Å². The summed E-state index contributed by atoms with van der Waals surface area (Å²) in [5.74, 6) is -0.509. The van der Waals surface area contributed by atoms with E-state index in [0.29, 0.717) is 15.6 Å². The van der Waals surface area contributed by atoms with Crippen LogP contribution in [0.5, 0.6) is 0 Å². The second kappa shape index (κ2) is 9.04. The van der Waals surface area contributed by atoms with Crippen LogP contribution in [0.15, 0.2) is 35.9 Å². The zero-order valence-electron chi connectivity index (χ0n) is 17.8. The molecule has 0 bridgehead atoms. The molecular formula is C25H21ClN4OS. The summed E-state index contributed by atoms with van der Waals surface area (Å²) in [5, 5.41) is 23.3. The van der Waals surface area contributed by atoms with Crippen molar-refractivity contribution in [2.45, 2.75) is 39.5 Å². The molecule has 160 valence electrons. The highest BCUT2D eigenvalue weighted by molar-refractivity contribution is 7.16. The molecular weight excluding hydrogens is 440 g/mol. The van der Waals surface area contributed by atoms with Crippen LogP contribution >= 0.6 is 22.9 Å². The van der Waals surface area contributed by atoms with Crippen molar-refractivity contribution in [3.63, 3.8) is 0 Å². The van der Waals surface area contributed by atoms with Gasteiger partial charge in [-0.3, -0.25) is 4.79 Å². The number of nitrogens with zero attached hydrogens (tertiary/aromatic N) is 3. The Bertz CT molecular complexity index is 1330. The third-order valence-electron chi connectivity index (χ3n) is 5.74. The summed E-state index contributed by atoms with van der Waals surface area (Å²) in [6, 6.07) is 13.7. The molecule has 0 aliphatic heterocycles. The van der Waals surface area contributed by atoms with Gasteiger partial charge in [-0.15, -0.1) is 11.3 Å². The number of amides is 1. The molecule has 1 aromatic carbocycles. The van der Waals surface area contributed by atoms with Gasteiger partial charge in [0.05, 0.1) is 16.3 Å². The van der Waals surface area contributed by atoms with Crippen molar-refractivity contribution >= 4 is 39.9 Å². The van der Waals surface area contributed by atoms with Crippen LogP contribution in [0.3, 0.4) is 0 Å². The Morgan fingerprint density at radius 3 is 2.69 bits per heavy atom. The Labute approximate surface area is 196 Å². The summed E-state index contributed by atoms with van der Waals surface area (Å²) in [6.45, 7) is 3.88. The van der Waals surface area contributed by atoms with Crippen molar-refractivity contribution in [3.8, 4) is 17.8 Å². The van der Waals surface area contributed by atoms with Crippen molar-refractivity contribution in [1.82, 2.24) is 4.57 Å². The van der Waals surface area contributed by atoms with Gasteiger partial charge >= 0.3 is 0 Å². The van der Waals surface area contributed by atoms with Gasteiger partial charge in [0, 0.05) is 16.3 Å². The van der Waals surface area contributed by atoms with Crippen molar-refractivity contribution < 1.29 is 4.79 Å².